The maximum absolute atomic E-state index is 13.2. The zero-order valence-electron chi connectivity index (χ0n) is 14.2. The Balaban J connectivity index is 1.73. The van der Waals surface area contributed by atoms with Gasteiger partial charge < -0.3 is 10.1 Å². The number of nitrogens with zero attached hydrogens (tertiary/aromatic N) is 3. The van der Waals surface area contributed by atoms with Crippen molar-refractivity contribution in [1.29, 1.82) is 0 Å². The summed E-state index contributed by atoms with van der Waals surface area (Å²) in [5.41, 5.74) is 2.97. The molecule has 142 valence electrons. The van der Waals surface area contributed by atoms with Gasteiger partial charge in [-0.05, 0) is 29.8 Å². The van der Waals surface area contributed by atoms with Crippen LogP contribution in [0.2, 0.25) is 5.02 Å². The van der Waals surface area contributed by atoms with Gasteiger partial charge in [-0.2, -0.15) is 18.2 Å². The Labute approximate surface area is 162 Å². The fraction of sp³-hybridized carbons (Fsp3) is 0.158. The molecule has 1 N–H and O–H groups in total. The minimum Gasteiger partial charge on any atom is -0.488 e. The van der Waals surface area contributed by atoms with Gasteiger partial charge in [0, 0.05) is 16.2 Å². The van der Waals surface area contributed by atoms with Crippen molar-refractivity contribution in [2.75, 3.05) is 11.9 Å². The smallest absolute Gasteiger partial charge is 0.453 e. The van der Waals surface area contributed by atoms with Crippen molar-refractivity contribution in [3.05, 3.63) is 76.1 Å². The van der Waals surface area contributed by atoms with Crippen molar-refractivity contribution >= 4 is 23.2 Å². The maximum atomic E-state index is 13.2. The van der Waals surface area contributed by atoms with Crippen molar-refractivity contribution in [3.63, 3.8) is 0 Å². The molecule has 1 aromatic heterocycles. The summed E-state index contributed by atoms with van der Waals surface area (Å²) in [5, 5.41) is 7.30. The summed E-state index contributed by atoms with van der Waals surface area (Å²) in [4.78, 5) is 3.69. The van der Waals surface area contributed by atoms with Crippen molar-refractivity contribution in [2.45, 2.75) is 12.2 Å². The summed E-state index contributed by atoms with van der Waals surface area (Å²) < 4.78 is 46.8. The van der Waals surface area contributed by atoms with Crippen molar-refractivity contribution in [1.82, 2.24) is 14.8 Å². The Morgan fingerprint density at radius 3 is 2.61 bits per heavy atom. The number of alkyl halides is 3. The molecule has 3 aromatic rings. The minimum absolute atomic E-state index is 0.0303. The Bertz CT molecular complexity index is 1110. The van der Waals surface area contributed by atoms with Gasteiger partial charge in [-0.3, -0.25) is 0 Å². The molecule has 0 aliphatic carbocycles. The number of fused-ring (bicyclic) bond motifs is 3. The molecular formula is C19H12ClF3N4O. The first-order chi connectivity index (χ1) is 13.4. The summed E-state index contributed by atoms with van der Waals surface area (Å²) in [6.07, 6.45) is -4.65. The van der Waals surface area contributed by atoms with Crippen LogP contribution in [0.5, 0.6) is 5.75 Å². The van der Waals surface area contributed by atoms with Gasteiger partial charge in [-0.25, -0.2) is 4.68 Å². The van der Waals surface area contributed by atoms with E-state index >= 15 is 0 Å². The average molecular weight is 405 g/mol. The predicted octanol–water partition coefficient (Wildman–Crippen LogP) is 4.77. The summed E-state index contributed by atoms with van der Waals surface area (Å²) in [6, 6.07) is 13.7. The SMILES string of the molecule is FC(F)(F)c1nc2n(n1)[C@@H](c1ccc(Cl)cc1)C1=C(N2)c2ccccc2OC1. The van der Waals surface area contributed by atoms with Crippen LogP contribution in [0.3, 0.4) is 0 Å². The Morgan fingerprint density at radius 2 is 1.86 bits per heavy atom. The molecule has 9 heteroatoms. The van der Waals surface area contributed by atoms with Crippen LogP contribution in [0.1, 0.15) is 23.0 Å². The van der Waals surface area contributed by atoms with Crippen LogP contribution in [0.25, 0.3) is 5.70 Å². The topological polar surface area (TPSA) is 52.0 Å². The second-order valence-electron chi connectivity index (χ2n) is 6.47. The zero-order chi connectivity index (χ0) is 19.5. The van der Waals surface area contributed by atoms with Gasteiger partial charge in [0.25, 0.3) is 5.82 Å². The summed E-state index contributed by atoms with van der Waals surface area (Å²) in [5.74, 6) is -0.502. The van der Waals surface area contributed by atoms with Crippen LogP contribution in [-0.4, -0.2) is 21.4 Å². The van der Waals surface area contributed by atoms with Crippen LogP contribution in [0.4, 0.5) is 19.1 Å². The van der Waals surface area contributed by atoms with Crippen molar-refractivity contribution in [3.8, 4) is 5.75 Å². The summed E-state index contributed by atoms with van der Waals surface area (Å²) in [6.45, 7) is 0.216. The number of hydrogen-bond donors (Lipinski definition) is 1. The summed E-state index contributed by atoms with van der Waals surface area (Å²) >= 11 is 5.99. The van der Waals surface area contributed by atoms with E-state index in [4.69, 9.17) is 16.3 Å². The molecule has 28 heavy (non-hydrogen) atoms. The standard InChI is InChI=1S/C19H12ClF3N4O/c20-11-7-5-10(6-8-11)16-13-9-28-14-4-2-1-3-12(14)15(13)24-18-25-17(19(21,22)23)26-27(16)18/h1-8,16H,9H2,(H,24,25,26)/t16-/m0/s1. The van der Waals surface area contributed by atoms with Crippen LogP contribution >= 0.6 is 11.6 Å². The quantitative estimate of drug-likeness (QED) is 0.635. The lowest BCUT2D eigenvalue weighted by molar-refractivity contribution is -0.145. The van der Waals surface area contributed by atoms with Crippen LogP contribution in [-0.2, 0) is 6.18 Å². The number of ether oxygens (including phenoxy) is 1. The zero-order valence-corrected chi connectivity index (χ0v) is 14.9. The van der Waals surface area contributed by atoms with Crippen LogP contribution < -0.4 is 10.1 Å². The van der Waals surface area contributed by atoms with E-state index in [0.29, 0.717) is 16.5 Å². The van der Waals surface area contributed by atoms with Gasteiger partial charge in [0.05, 0.1) is 5.70 Å². The first-order valence-electron chi connectivity index (χ1n) is 8.43. The molecule has 2 aliphatic rings. The molecule has 2 aliphatic heterocycles. The molecule has 1 atom stereocenters. The molecule has 2 aromatic carbocycles. The molecule has 5 rings (SSSR count). The second kappa shape index (κ2) is 6.00. The third-order valence-electron chi connectivity index (χ3n) is 4.74. The van der Waals surface area contributed by atoms with E-state index in [1.165, 1.54) is 4.68 Å². The van der Waals surface area contributed by atoms with Gasteiger partial charge in [0.1, 0.15) is 18.4 Å². The highest BCUT2D eigenvalue weighted by molar-refractivity contribution is 6.30. The van der Waals surface area contributed by atoms with Crippen LogP contribution in [0.15, 0.2) is 54.1 Å². The molecule has 0 fully saturated rings. The molecular weight excluding hydrogens is 393 g/mol. The lowest BCUT2D eigenvalue weighted by Gasteiger charge is -2.34. The largest absolute Gasteiger partial charge is 0.488 e. The lowest BCUT2D eigenvalue weighted by Crippen LogP contribution is -2.30. The number of hydrogen-bond acceptors (Lipinski definition) is 4. The highest BCUT2D eigenvalue weighted by atomic mass is 35.5. The molecule has 0 unspecified atom stereocenters. The second-order valence-corrected chi connectivity index (χ2v) is 6.90. The molecule has 0 saturated carbocycles. The average Bonchev–Trinajstić information content (AvgIpc) is 3.11. The molecule has 0 radical (unpaired) electrons. The number of aromatic nitrogens is 3. The fourth-order valence-electron chi connectivity index (χ4n) is 3.52. The maximum Gasteiger partial charge on any atom is 0.453 e. The molecule has 3 heterocycles. The number of rotatable bonds is 1. The van der Waals surface area contributed by atoms with Gasteiger partial charge in [0.15, 0.2) is 0 Å². The first-order valence-corrected chi connectivity index (χ1v) is 8.81. The number of para-hydroxylation sites is 1. The molecule has 0 bridgehead atoms. The highest BCUT2D eigenvalue weighted by Gasteiger charge is 2.41. The Kier molecular flexibility index (Phi) is 3.67. The van der Waals surface area contributed by atoms with Crippen molar-refractivity contribution in [2.24, 2.45) is 0 Å². The normalized spacial score (nSPS) is 17.9. The number of nitrogens with one attached hydrogen (secondary N) is 1. The first kappa shape index (κ1) is 17.1. The van der Waals surface area contributed by atoms with E-state index < -0.39 is 18.0 Å². The minimum atomic E-state index is -4.65. The lowest BCUT2D eigenvalue weighted by atomic mass is 9.92. The molecule has 0 amide bonds. The predicted molar refractivity (Wildman–Crippen MR) is 97.1 cm³/mol. The van der Waals surface area contributed by atoms with E-state index in [-0.39, 0.29) is 12.6 Å². The van der Waals surface area contributed by atoms with E-state index in [9.17, 15) is 13.2 Å². The third kappa shape index (κ3) is 2.63. The van der Waals surface area contributed by atoms with Crippen molar-refractivity contribution < 1.29 is 17.9 Å². The summed E-state index contributed by atoms with van der Waals surface area (Å²) in [7, 11) is 0. The van der Waals surface area contributed by atoms with E-state index in [2.05, 4.69) is 15.4 Å². The third-order valence-corrected chi connectivity index (χ3v) is 4.99. The van der Waals surface area contributed by atoms with E-state index in [1.54, 1.807) is 24.3 Å². The number of benzene rings is 2. The molecule has 0 spiro atoms. The van der Waals surface area contributed by atoms with Gasteiger partial charge in [0.2, 0.25) is 5.95 Å². The highest BCUT2D eigenvalue weighted by Crippen LogP contribution is 2.44. The van der Waals surface area contributed by atoms with Gasteiger partial charge in [-0.1, -0.05) is 35.9 Å². The van der Waals surface area contributed by atoms with E-state index in [0.717, 1.165) is 16.7 Å². The number of anilines is 1. The van der Waals surface area contributed by atoms with Gasteiger partial charge >= 0.3 is 6.18 Å². The van der Waals surface area contributed by atoms with Crippen LogP contribution in [0, 0.1) is 0 Å². The van der Waals surface area contributed by atoms with E-state index in [1.807, 2.05) is 24.3 Å². The molecule has 0 saturated heterocycles. The molecule has 5 nitrogen and oxygen atoms in total. The monoisotopic (exact) mass is 404 g/mol. The Morgan fingerprint density at radius 1 is 1.11 bits per heavy atom. The number of halogens is 4. The Hall–Kier alpha value is -3.00. The fourth-order valence-corrected chi connectivity index (χ4v) is 3.64. The van der Waals surface area contributed by atoms with Gasteiger partial charge in [-0.15, -0.1) is 5.10 Å².